The van der Waals surface area contributed by atoms with E-state index >= 15 is 0 Å². The maximum atomic E-state index is 9.22. The van der Waals surface area contributed by atoms with Crippen LogP contribution in [0.25, 0.3) is 0 Å². The van der Waals surface area contributed by atoms with E-state index in [9.17, 15) is 5.11 Å². The molecule has 1 heterocycles. The standard InChI is InChI=1S/C15H28N4O2/c1-4-7-16-13-11-15(19(8-5-2)9-10-20)18-14(17-13)12-21-6-3/h11,20H,4-10,12H2,1-3H3,(H,16,17,18). The van der Waals surface area contributed by atoms with Gasteiger partial charge in [-0.1, -0.05) is 13.8 Å². The van der Waals surface area contributed by atoms with Crippen LogP contribution in [0.5, 0.6) is 0 Å². The summed E-state index contributed by atoms with van der Waals surface area (Å²) in [5, 5.41) is 12.5. The van der Waals surface area contributed by atoms with Gasteiger partial charge in [-0.2, -0.15) is 0 Å². The number of nitrogens with zero attached hydrogens (tertiary/aromatic N) is 3. The van der Waals surface area contributed by atoms with Crippen LogP contribution in [0.15, 0.2) is 6.07 Å². The number of aliphatic hydroxyl groups is 1. The minimum absolute atomic E-state index is 0.114. The van der Waals surface area contributed by atoms with Crippen LogP contribution in [-0.2, 0) is 11.3 Å². The van der Waals surface area contributed by atoms with E-state index in [0.717, 1.165) is 37.6 Å². The summed E-state index contributed by atoms with van der Waals surface area (Å²) in [5.74, 6) is 2.33. The molecule has 0 aliphatic rings. The topological polar surface area (TPSA) is 70.5 Å². The van der Waals surface area contributed by atoms with E-state index in [1.165, 1.54) is 0 Å². The van der Waals surface area contributed by atoms with Crippen molar-refractivity contribution in [3.63, 3.8) is 0 Å². The summed E-state index contributed by atoms with van der Waals surface area (Å²) in [7, 11) is 0. The molecular weight excluding hydrogens is 268 g/mol. The third-order valence-electron chi connectivity index (χ3n) is 2.94. The molecule has 0 unspecified atom stereocenters. The van der Waals surface area contributed by atoms with Crippen LogP contribution in [0.1, 0.15) is 39.4 Å². The molecule has 0 spiro atoms. The van der Waals surface area contributed by atoms with E-state index in [0.29, 0.717) is 25.6 Å². The molecule has 0 saturated heterocycles. The third-order valence-corrected chi connectivity index (χ3v) is 2.94. The second kappa shape index (κ2) is 10.3. The van der Waals surface area contributed by atoms with Crippen LogP contribution in [0.2, 0.25) is 0 Å². The van der Waals surface area contributed by atoms with Crippen molar-refractivity contribution in [1.29, 1.82) is 0 Å². The largest absolute Gasteiger partial charge is 0.395 e. The Morgan fingerprint density at radius 3 is 2.62 bits per heavy atom. The van der Waals surface area contributed by atoms with E-state index in [1.807, 2.05) is 13.0 Å². The second-order valence-electron chi connectivity index (χ2n) is 4.80. The Labute approximate surface area is 127 Å². The first kappa shape index (κ1) is 17.7. The highest BCUT2D eigenvalue weighted by atomic mass is 16.5. The summed E-state index contributed by atoms with van der Waals surface area (Å²) in [6.45, 7) is 9.65. The Bertz CT molecular complexity index is 369. The fraction of sp³-hybridized carbons (Fsp3) is 0.733. The van der Waals surface area contributed by atoms with Gasteiger partial charge in [0.05, 0.1) is 6.61 Å². The van der Waals surface area contributed by atoms with Crippen molar-refractivity contribution in [1.82, 2.24) is 9.97 Å². The molecule has 0 aliphatic carbocycles. The number of aliphatic hydroxyl groups excluding tert-OH is 1. The smallest absolute Gasteiger partial charge is 0.158 e. The fourth-order valence-corrected chi connectivity index (χ4v) is 1.98. The van der Waals surface area contributed by atoms with E-state index in [1.54, 1.807) is 0 Å². The van der Waals surface area contributed by atoms with Gasteiger partial charge in [-0.25, -0.2) is 9.97 Å². The second-order valence-corrected chi connectivity index (χ2v) is 4.80. The van der Waals surface area contributed by atoms with Crippen LogP contribution >= 0.6 is 0 Å². The zero-order valence-corrected chi connectivity index (χ0v) is 13.4. The number of anilines is 2. The summed E-state index contributed by atoms with van der Waals surface area (Å²) < 4.78 is 5.41. The lowest BCUT2D eigenvalue weighted by Crippen LogP contribution is -2.29. The molecule has 6 heteroatoms. The lowest BCUT2D eigenvalue weighted by atomic mass is 10.3. The molecule has 120 valence electrons. The minimum atomic E-state index is 0.114. The lowest BCUT2D eigenvalue weighted by Gasteiger charge is -2.23. The van der Waals surface area contributed by atoms with Gasteiger partial charge in [0.25, 0.3) is 0 Å². The Balaban J connectivity index is 2.96. The number of ether oxygens (including phenoxy) is 1. The molecule has 0 saturated carbocycles. The predicted molar refractivity (Wildman–Crippen MR) is 85.7 cm³/mol. The summed E-state index contributed by atoms with van der Waals surface area (Å²) in [5.41, 5.74) is 0. The summed E-state index contributed by atoms with van der Waals surface area (Å²) in [4.78, 5) is 11.1. The molecule has 0 fully saturated rings. The lowest BCUT2D eigenvalue weighted by molar-refractivity contribution is 0.128. The van der Waals surface area contributed by atoms with E-state index in [2.05, 4.69) is 34.0 Å². The van der Waals surface area contributed by atoms with Gasteiger partial charge >= 0.3 is 0 Å². The third kappa shape index (κ3) is 6.27. The quantitative estimate of drug-likeness (QED) is 0.651. The predicted octanol–water partition coefficient (Wildman–Crippen LogP) is 2.04. The minimum Gasteiger partial charge on any atom is -0.395 e. The average Bonchev–Trinajstić information content (AvgIpc) is 2.50. The molecule has 0 atom stereocenters. The number of hydrogen-bond donors (Lipinski definition) is 2. The molecule has 6 nitrogen and oxygen atoms in total. The molecule has 1 aromatic heterocycles. The van der Waals surface area contributed by atoms with E-state index in [4.69, 9.17) is 4.74 Å². The molecule has 0 amide bonds. The molecule has 0 aromatic carbocycles. The Hall–Kier alpha value is -1.40. The zero-order chi connectivity index (χ0) is 15.5. The van der Waals surface area contributed by atoms with Gasteiger partial charge in [0.1, 0.15) is 18.2 Å². The summed E-state index contributed by atoms with van der Waals surface area (Å²) in [6, 6.07) is 1.94. The molecule has 0 bridgehead atoms. The molecule has 0 radical (unpaired) electrons. The summed E-state index contributed by atoms with van der Waals surface area (Å²) >= 11 is 0. The fourth-order valence-electron chi connectivity index (χ4n) is 1.98. The average molecular weight is 296 g/mol. The Morgan fingerprint density at radius 1 is 1.19 bits per heavy atom. The summed E-state index contributed by atoms with van der Waals surface area (Å²) in [6.07, 6.45) is 2.04. The van der Waals surface area contributed by atoms with Gasteiger partial charge in [0.15, 0.2) is 5.82 Å². The Kier molecular flexibility index (Phi) is 8.69. The first-order valence-electron chi connectivity index (χ1n) is 7.80. The monoisotopic (exact) mass is 296 g/mol. The first-order chi connectivity index (χ1) is 10.2. The molecule has 0 aliphatic heterocycles. The highest BCUT2D eigenvalue weighted by Gasteiger charge is 2.11. The van der Waals surface area contributed by atoms with Gasteiger partial charge in [0, 0.05) is 32.3 Å². The van der Waals surface area contributed by atoms with E-state index in [-0.39, 0.29) is 6.61 Å². The van der Waals surface area contributed by atoms with Crippen LogP contribution in [0, 0.1) is 0 Å². The molecule has 1 rings (SSSR count). The van der Waals surface area contributed by atoms with Gasteiger partial charge in [-0.15, -0.1) is 0 Å². The van der Waals surface area contributed by atoms with Crippen molar-refractivity contribution < 1.29 is 9.84 Å². The molecule has 21 heavy (non-hydrogen) atoms. The van der Waals surface area contributed by atoms with E-state index < -0.39 is 0 Å². The molecule has 1 aromatic rings. The zero-order valence-electron chi connectivity index (χ0n) is 13.4. The van der Waals surface area contributed by atoms with Gasteiger partial charge < -0.3 is 20.1 Å². The number of rotatable bonds is 11. The van der Waals surface area contributed by atoms with Crippen molar-refractivity contribution in [2.75, 3.05) is 43.1 Å². The van der Waals surface area contributed by atoms with Gasteiger partial charge in [-0.05, 0) is 19.8 Å². The molecule has 2 N–H and O–H groups in total. The Morgan fingerprint density at radius 2 is 2.00 bits per heavy atom. The van der Waals surface area contributed by atoms with Crippen LogP contribution in [0.4, 0.5) is 11.6 Å². The van der Waals surface area contributed by atoms with Gasteiger partial charge in [-0.3, -0.25) is 0 Å². The van der Waals surface area contributed by atoms with Gasteiger partial charge in [0.2, 0.25) is 0 Å². The maximum absolute atomic E-state index is 9.22. The highest BCUT2D eigenvalue weighted by molar-refractivity contribution is 5.49. The number of aromatic nitrogens is 2. The van der Waals surface area contributed by atoms with Crippen LogP contribution in [0.3, 0.4) is 0 Å². The van der Waals surface area contributed by atoms with Crippen molar-refractivity contribution in [3.8, 4) is 0 Å². The van der Waals surface area contributed by atoms with Crippen molar-refractivity contribution in [3.05, 3.63) is 11.9 Å². The number of hydrogen-bond acceptors (Lipinski definition) is 6. The van der Waals surface area contributed by atoms with Crippen molar-refractivity contribution in [2.45, 2.75) is 40.2 Å². The highest BCUT2D eigenvalue weighted by Crippen LogP contribution is 2.17. The molecular formula is C15H28N4O2. The number of nitrogens with one attached hydrogen (secondary N) is 1. The van der Waals surface area contributed by atoms with Crippen LogP contribution < -0.4 is 10.2 Å². The van der Waals surface area contributed by atoms with Crippen molar-refractivity contribution >= 4 is 11.6 Å². The first-order valence-corrected chi connectivity index (χ1v) is 7.80. The maximum Gasteiger partial charge on any atom is 0.158 e. The SMILES string of the molecule is CCCNc1cc(N(CCC)CCO)nc(COCC)n1. The van der Waals surface area contributed by atoms with Crippen LogP contribution in [-0.4, -0.2) is 47.9 Å². The normalized spacial score (nSPS) is 10.7. The van der Waals surface area contributed by atoms with Crippen molar-refractivity contribution in [2.24, 2.45) is 0 Å².